The predicted molar refractivity (Wildman–Crippen MR) is 138 cm³/mol. The Morgan fingerprint density at radius 2 is 1.80 bits per heavy atom. The number of methoxy groups -OCH3 is 1. The lowest BCUT2D eigenvalue weighted by atomic mass is 9.89. The van der Waals surface area contributed by atoms with Crippen LogP contribution in [0.25, 0.3) is 0 Å². The minimum Gasteiger partial charge on any atom is -0.497 e. The first-order valence-electron chi connectivity index (χ1n) is 11.5. The normalized spacial score (nSPS) is 19.9. The Labute approximate surface area is 214 Å². The van der Waals surface area contributed by atoms with Crippen molar-refractivity contribution < 1.29 is 23.9 Å². The van der Waals surface area contributed by atoms with E-state index in [1.165, 1.54) is 0 Å². The molecule has 2 aromatic rings. The number of amides is 4. The first kappa shape index (κ1) is 25.4. The molecule has 0 saturated carbocycles. The SMILES string of the molecule is COc1ccc2c(c1)C(=O)N(CC1(c3ccc(Br)cc3)NC(=O)N(COCC[Si](C)(C)C)C1=O)C2. The summed E-state index contributed by atoms with van der Waals surface area (Å²) in [6.45, 7) is 7.42. The molecular weight excluding hydrogens is 530 g/mol. The summed E-state index contributed by atoms with van der Waals surface area (Å²) in [5, 5.41) is 2.89. The van der Waals surface area contributed by atoms with Crippen LogP contribution in [0.5, 0.6) is 5.75 Å². The summed E-state index contributed by atoms with van der Waals surface area (Å²) in [5.74, 6) is -0.0464. The second kappa shape index (κ2) is 9.75. The maximum Gasteiger partial charge on any atom is 0.327 e. The van der Waals surface area contributed by atoms with Gasteiger partial charge in [0.15, 0.2) is 5.54 Å². The van der Waals surface area contributed by atoms with E-state index in [0.29, 0.717) is 30.0 Å². The minimum absolute atomic E-state index is 0.000436. The largest absolute Gasteiger partial charge is 0.497 e. The molecule has 1 fully saturated rings. The number of halogens is 1. The number of nitrogens with one attached hydrogen (secondary N) is 1. The van der Waals surface area contributed by atoms with Crippen molar-refractivity contribution in [1.82, 2.24) is 15.1 Å². The number of fused-ring (bicyclic) bond motifs is 1. The van der Waals surface area contributed by atoms with Crippen LogP contribution in [0, 0.1) is 0 Å². The third-order valence-corrected chi connectivity index (χ3v) is 8.59. The van der Waals surface area contributed by atoms with Gasteiger partial charge in [-0.15, -0.1) is 0 Å². The number of ether oxygens (including phenoxy) is 2. The highest BCUT2D eigenvalue weighted by Gasteiger charge is 2.54. The molecular formula is C25H30BrN3O5Si. The molecule has 1 saturated heterocycles. The number of carbonyl (C=O) groups excluding carboxylic acids is 3. The predicted octanol–water partition coefficient (Wildman–Crippen LogP) is 4.17. The van der Waals surface area contributed by atoms with Gasteiger partial charge in [0.1, 0.15) is 12.5 Å². The second-order valence-corrected chi connectivity index (χ2v) is 16.6. The minimum atomic E-state index is -1.41. The van der Waals surface area contributed by atoms with E-state index < -0.39 is 25.6 Å². The molecule has 2 aliphatic rings. The van der Waals surface area contributed by atoms with E-state index in [-0.39, 0.29) is 19.2 Å². The van der Waals surface area contributed by atoms with Gasteiger partial charge in [-0.05, 0) is 41.4 Å². The standard InChI is InChI=1S/C25H30BrN3O5Si/c1-33-20-10-5-17-14-28(22(30)21(17)13-20)15-25(18-6-8-19(26)9-7-18)23(31)29(24(32)27-25)16-34-11-12-35(2,3)4/h5-10,13H,11-12,14-16H2,1-4H3,(H,27,32). The second-order valence-electron chi connectivity index (χ2n) is 10.1. The van der Waals surface area contributed by atoms with Crippen molar-refractivity contribution in [3.05, 3.63) is 63.6 Å². The molecule has 8 nitrogen and oxygen atoms in total. The fourth-order valence-electron chi connectivity index (χ4n) is 4.29. The zero-order chi connectivity index (χ0) is 25.4. The highest BCUT2D eigenvalue weighted by Crippen LogP contribution is 2.35. The summed E-state index contributed by atoms with van der Waals surface area (Å²) < 4.78 is 11.8. The van der Waals surface area contributed by atoms with Crippen molar-refractivity contribution in [3.8, 4) is 5.75 Å². The van der Waals surface area contributed by atoms with Crippen molar-refractivity contribution >= 4 is 41.8 Å². The average molecular weight is 561 g/mol. The van der Waals surface area contributed by atoms with Crippen LogP contribution < -0.4 is 10.1 Å². The van der Waals surface area contributed by atoms with Crippen LogP contribution in [0.2, 0.25) is 25.7 Å². The zero-order valence-corrected chi connectivity index (χ0v) is 23.0. The van der Waals surface area contributed by atoms with Gasteiger partial charge in [-0.25, -0.2) is 9.69 Å². The van der Waals surface area contributed by atoms with Gasteiger partial charge in [-0.1, -0.05) is 53.8 Å². The number of imide groups is 1. The summed E-state index contributed by atoms with van der Waals surface area (Å²) >= 11 is 3.42. The first-order chi connectivity index (χ1) is 16.5. The van der Waals surface area contributed by atoms with Crippen LogP contribution in [0.4, 0.5) is 4.79 Å². The number of urea groups is 1. The molecule has 1 N–H and O–H groups in total. The quantitative estimate of drug-likeness (QED) is 0.283. The van der Waals surface area contributed by atoms with Gasteiger partial charge in [0.05, 0.1) is 13.7 Å². The molecule has 2 aromatic carbocycles. The molecule has 4 amide bonds. The van der Waals surface area contributed by atoms with Crippen LogP contribution in [0.1, 0.15) is 21.5 Å². The number of carbonyl (C=O) groups is 3. The molecule has 1 atom stereocenters. The smallest absolute Gasteiger partial charge is 0.327 e. The van der Waals surface area contributed by atoms with Gasteiger partial charge < -0.3 is 19.7 Å². The van der Waals surface area contributed by atoms with Gasteiger partial charge in [-0.3, -0.25) is 9.59 Å². The Morgan fingerprint density at radius 1 is 1.09 bits per heavy atom. The van der Waals surface area contributed by atoms with Crippen LogP contribution in [0.15, 0.2) is 46.9 Å². The molecule has 0 aromatic heterocycles. The first-order valence-corrected chi connectivity index (χ1v) is 16.0. The molecule has 0 bridgehead atoms. The number of benzene rings is 2. The number of hydrogen-bond donors (Lipinski definition) is 1. The fourth-order valence-corrected chi connectivity index (χ4v) is 5.31. The van der Waals surface area contributed by atoms with E-state index in [1.54, 1.807) is 30.2 Å². The fraction of sp³-hybridized carbons (Fsp3) is 0.400. The Balaban J connectivity index is 1.60. The maximum absolute atomic E-state index is 13.8. The third-order valence-electron chi connectivity index (χ3n) is 6.35. The van der Waals surface area contributed by atoms with Crippen LogP contribution in [-0.2, 0) is 21.6 Å². The molecule has 0 aliphatic carbocycles. The molecule has 0 radical (unpaired) electrons. The summed E-state index contributed by atoms with van der Waals surface area (Å²) in [4.78, 5) is 42.7. The molecule has 1 unspecified atom stereocenters. The number of hydrogen-bond acceptors (Lipinski definition) is 5. The average Bonchev–Trinajstić information content (AvgIpc) is 3.24. The summed E-state index contributed by atoms with van der Waals surface area (Å²) in [5.41, 5.74) is 0.579. The highest BCUT2D eigenvalue weighted by atomic mass is 79.9. The summed E-state index contributed by atoms with van der Waals surface area (Å²) in [6.07, 6.45) is 0. The Hall–Kier alpha value is -2.69. The summed E-state index contributed by atoms with van der Waals surface area (Å²) in [7, 11) is 0.239. The molecule has 186 valence electrons. The van der Waals surface area contributed by atoms with Crippen molar-refractivity contribution in [1.29, 1.82) is 0 Å². The Kier molecular flexibility index (Phi) is 7.08. The maximum atomic E-state index is 13.8. The van der Waals surface area contributed by atoms with Crippen LogP contribution in [-0.4, -0.2) is 62.7 Å². The van der Waals surface area contributed by atoms with Gasteiger partial charge in [0.2, 0.25) is 0 Å². The van der Waals surface area contributed by atoms with E-state index in [9.17, 15) is 14.4 Å². The van der Waals surface area contributed by atoms with Gasteiger partial charge in [-0.2, -0.15) is 0 Å². The molecule has 10 heteroatoms. The monoisotopic (exact) mass is 559 g/mol. The molecule has 0 spiro atoms. The van der Waals surface area contributed by atoms with E-state index >= 15 is 0 Å². The Bertz CT molecular complexity index is 1150. The lowest BCUT2D eigenvalue weighted by molar-refractivity contribution is -0.135. The lowest BCUT2D eigenvalue weighted by Gasteiger charge is -2.32. The van der Waals surface area contributed by atoms with Crippen molar-refractivity contribution in [3.63, 3.8) is 0 Å². The van der Waals surface area contributed by atoms with E-state index in [4.69, 9.17) is 9.47 Å². The van der Waals surface area contributed by atoms with Gasteiger partial charge >= 0.3 is 6.03 Å². The third kappa shape index (κ3) is 5.14. The van der Waals surface area contributed by atoms with E-state index in [1.807, 2.05) is 24.3 Å². The molecule has 2 heterocycles. The van der Waals surface area contributed by atoms with Crippen molar-refractivity contribution in [2.24, 2.45) is 0 Å². The zero-order valence-electron chi connectivity index (χ0n) is 20.4. The van der Waals surface area contributed by atoms with Crippen LogP contribution >= 0.6 is 15.9 Å². The van der Waals surface area contributed by atoms with Crippen molar-refractivity contribution in [2.45, 2.75) is 37.8 Å². The summed E-state index contributed by atoms with van der Waals surface area (Å²) in [6, 6.07) is 13.0. The molecule has 4 rings (SSSR count). The lowest BCUT2D eigenvalue weighted by Crippen LogP contribution is -2.53. The van der Waals surface area contributed by atoms with Crippen LogP contribution in [0.3, 0.4) is 0 Å². The van der Waals surface area contributed by atoms with E-state index in [0.717, 1.165) is 21.0 Å². The van der Waals surface area contributed by atoms with E-state index in [2.05, 4.69) is 40.9 Å². The van der Waals surface area contributed by atoms with Crippen molar-refractivity contribution in [2.75, 3.05) is 27.0 Å². The Morgan fingerprint density at radius 3 is 2.46 bits per heavy atom. The molecule has 35 heavy (non-hydrogen) atoms. The highest BCUT2D eigenvalue weighted by molar-refractivity contribution is 9.10. The van der Waals surface area contributed by atoms with Gasteiger partial charge in [0.25, 0.3) is 11.8 Å². The topological polar surface area (TPSA) is 88.2 Å². The van der Waals surface area contributed by atoms with Gasteiger partial charge in [0, 0.05) is 31.3 Å². The molecule has 2 aliphatic heterocycles. The number of rotatable bonds is 9. The number of nitrogens with zero attached hydrogens (tertiary/aromatic N) is 2.